The number of rotatable bonds is 22. The molecule has 2 fully saturated rings. The summed E-state index contributed by atoms with van der Waals surface area (Å²) in [5, 5.41) is 26.0. The molecule has 0 radical (unpaired) electrons. The number of fused-ring (bicyclic) bond motifs is 4. The van der Waals surface area contributed by atoms with Crippen molar-refractivity contribution in [1.82, 2.24) is 40.0 Å². The molecule has 2 saturated heterocycles. The van der Waals surface area contributed by atoms with E-state index in [-0.39, 0.29) is 66.6 Å². The number of nitrogens with one attached hydrogen (secondary N) is 1. The lowest BCUT2D eigenvalue weighted by molar-refractivity contribution is 0.0155. The highest BCUT2D eigenvalue weighted by Crippen LogP contribution is 2.37. The van der Waals surface area contributed by atoms with Gasteiger partial charge >= 0.3 is 18.0 Å². The SMILES string of the molecule is CC(C)(C)OC(=O)N1CCN(CC#Cc2ccc(OCCCc3sc(N4CCc5cccc(C(=O)Cc6nc7ccccc7s6)c5C4)nc3C(=O)O)c(F)c2)CC1.O=C(Cc1nc2ccccc2s1)c1cccc2c1CN(c1nc(C(=O)O)c(CCCOc3ccc(C#CCN4CCNCC4)cc3F)s1)CC2. The predicted octanol–water partition coefficient (Wildman–Crippen LogP) is 13.3. The molecule has 10 aromatic rings. The standard InChI is InChI=1S/C43H44FN5O6S2.C38H36FN5O4S2/c1-43(2,3)55-42(53)48-22-20-47(21-23-48)18-7-9-28-15-16-35(32(44)25-28)54-24-8-14-37-39(40(51)52)46-41(57-37)49-19-17-29-10-6-11-30(31(29)27-49)34(50)26-38-45-33-12-4-5-13-36(33)56-38;39-29-22-25(6-4-17-43-19-15-40-16-20-43)12-13-32(29)48-21-5-11-34-36(37(46)47)42-38(50-34)44-18-14-26-7-3-8-27(28(26)24-44)31(45)23-35-41-30-9-1-2-10-33(30)49-35/h4-6,10-13,15-16,25H,8,14,17-24,26-27H2,1-3H3,(H,51,52);1-3,7-10,12-13,22,40H,5,11,14-21,23-24H2,(H,46,47). The van der Waals surface area contributed by atoms with Crippen LogP contribution in [-0.4, -0.2) is 172 Å². The number of hydrogen-bond acceptors (Lipinski definition) is 21. The van der Waals surface area contributed by atoms with Gasteiger partial charge in [0.2, 0.25) is 0 Å². The molecule has 1 amide bonds. The summed E-state index contributed by atoms with van der Waals surface area (Å²) in [4.78, 5) is 93.6. The number of carboxylic acid groups (broad SMARTS) is 2. The number of piperazine rings is 2. The molecule has 0 bridgehead atoms. The molecule has 107 heavy (non-hydrogen) atoms. The van der Waals surface area contributed by atoms with Crippen LogP contribution in [0.25, 0.3) is 20.4 Å². The number of carbonyl (C=O) groups excluding carboxylic acids is 3. The van der Waals surface area contributed by atoms with Gasteiger partial charge in [0.05, 0.1) is 59.6 Å². The molecule has 14 rings (SSSR count). The van der Waals surface area contributed by atoms with Gasteiger partial charge in [-0.3, -0.25) is 19.4 Å². The van der Waals surface area contributed by atoms with E-state index in [1.807, 2.05) is 105 Å². The van der Waals surface area contributed by atoms with Crippen LogP contribution in [0.1, 0.15) is 128 Å². The molecule has 4 aromatic heterocycles. The van der Waals surface area contributed by atoms with Crippen molar-refractivity contribution in [3.8, 4) is 35.2 Å². The molecular weight excluding hydrogens is 1440 g/mol. The molecule has 3 N–H and O–H groups in total. The maximum Gasteiger partial charge on any atom is 0.410 e. The second kappa shape index (κ2) is 34.7. The minimum atomic E-state index is -1.11. The van der Waals surface area contributed by atoms with E-state index in [1.165, 1.54) is 57.5 Å². The van der Waals surface area contributed by atoms with E-state index < -0.39 is 29.2 Å². The topological polar surface area (TPSA) is 233 Å². The minimum absolute atomic E-state index is 0.0000209. The second-order valence-corrected chi connectivity index (χ2v) is 31.6. The summed E-state index contributed by atoms with van der Waals surface area (Å²) in [5.41, 5.74) is 7.82. The van der Waals surface area contributed by atoms with Crippen molar-refractivity contribution in [2.45, 2.75) is 90.8 Å². The number of halogens is 2. The molecule has 0 atom stereocenters. The summed E-state index contributed by atoms with van der Waals surface area (Å²) in [6.07, 6.45) is 3.31. The van der Waals surface area contributed by atoms with Gasteiger partial charge in [0.25, 0.3) is 0 Å². The average Bonchev–Trinajstić information content (AvgIpc) is 1.66. The third kappa shape index (κ3) is 19.4. The Morgan fingerprint density at radius 3 is 1.44 bits per heavy atom. The molecule has 0 aliphatic carbocycles. The van der Waals surface area contributed by atoms with Crippen LogP contribution in [0.5, 0.6) is 11.5 Å². The van der Waals surface area contributed by atoms with Gasteiger partial charge < -0.3 is 44.4 Å². The minimum Gasteiger partial charge on any atom is -0.491 e. The van der Waals surface area contributed by atoms with E-state index in [1.54, 1.807) is 29.2 Å². The number of para-hydroxylation sites is 2. The van der Waals surface area contributed by atoms with Gasteiger partial charge in [0, 0.05) is 111 Å². The fraction of sp³-hybridized carbons (Fsp3) is 0.346. The van der Waals surface area contributed by atoms with Gasteiger partial charge in [0.1, 0.15) is 15.6 Å². The Bertz CT molecular complexity index is 5000. The Balaban J connectivity index is 0.000000191. The largest absolute Gasteiger partial charge is 0.491 e. The number of thiazole rings is 4. The predicted molar refractivity (Wildman–Crippen MR) is 414 cm³/mol. The fourth-order valence-corrected chi connectivity index (χ4v) is 17.3. The Morgan fingerprint density at radius 1 is 0.542 bits per heavy atom. The number of nitrogens with zero attached hydrogens (tertiary/aromatic N) is 9. The number of anilines is 2. The number of hydrogen-bond donors (Lipinski definition) is 3. The molecule has 0 spiro atoms. The number of ether oxygens (including phenoxy) is 3. The molecule has 8 heterocycles. The smallest absolute Gasteiger partial charge is 0.410 e. The number of carboxylic acids is 2. The fourth-order valence-electron chi connectivity index (χ4n) is 13.1. The van der Waals surface area contributed by atoms with E-state index in [0.29, 0.717) is 140 Å². The highest BCUT2D eigenvalue weighted by molar-refractivity contribution is 7.19. The summed E-state index contributed by atoms with van der Waals surface area (Å²) in [6.45, 7) is 15.6. The first-order valence-electron chi connectivity index (χ1n) is 35.7. The molecule has 0 unspecified atom stereocenters. The summed E-state index contributed by atoms with van der Waals surface area (Å²) in [5.74, 6) is 9.31. The first-order valence-corrected chi connectivity index (χ1v) is 39.0. The number of carbonyl (C=O) groups is 5. The van der Waals surface area contributed by atoms with Crippen LogP contribution < -0.4 is 24.6 Å². The van der Waals surface area contributed by atoms with E-state index >= 15 is 0 Å². The summed E-state index contributed by atoms with van der Waals surface area (Å²) < 4.78 is 48.8. The van der Waals surface area contributed by atoms with Crippen LogP contribution in [0.2, 0.25) is 0 Å². The van der Waals surface area contributed by atoms with Gasteiger partial charge in [-0.15, -0.1) is 45.3 Å². The zero-order chi connectivity index (χ0) is 74.6. The van der Waals surface area contributed by atoms with Crippen LogP contribution in [-0.2, 0) is 56.4 Å². The highest BCUT2D eigenvalue weighted by Gasteiger charge is 2.31. The molecular formula is C81H80F2N10O10S4. The number of benzene rings is 6. The Kier molecular flexibility index (Phi) is 24.4. The van der Waals surface area contributed by atoms with Crippen molar-refractivity contribution in [2.24, 2.45) is 0 Å². The third-order valence-electron chi connectivity index (χ3n) is 18.5. The molecule has 20 nitrogen and oxygen atoms in total. The Hall–Kier alpha value is -10.0. The number of aromatic nitrogens is 4. The van der Waals surface area contributed by atoms with Gasteiger partial charge in [-0.05, 0) is 142 Å². The van der Waals surface area contributed by atoms with Gasteiger partial charge in [-0.2, -0.15) is 0 Å². The van der Waals surface area contributed by atoms with Gasteiger partial charge in [-0.25, -0.2) is 43.1 Å². The quantitative estimate of drug-likeness (QED) is 0.0325. The van der Waals surface area contributed by atoms with E-state index in [2.05, 4.69) is 69.7 Å². The van der Waals surface area contributed by atoms with Crippen molar-refractivity contribution < 1.29 is 57.2 Å². The highest BCUT2D eigenvalue weighted by atomic mass is 32.1. The van der Waals surface area contributed by atoms with E-state index in [4.69, 9.17) is 14.2 Å². The normalized spacial score (nSPS) is 14.6. The monoisotopic (exact) mass is 1520 g/mol. The number of amides is 1. The zero-order valence-electron chi connectivity index (χ0n) is 59.6. The number of Topliss-reactive ketones (excluding diaryl/α,β-unsaturated/α-hetero) is 2. The van der Waals surface area contributed by atoms with Crippen LogP contribution in [0.15, 0.2) is 121 Å². The second-order valence-electron chi connectivity index (χ2n) is 27.3. The average molecular weight is 1520 g/mol. The van der Waals surface area contributed by atoms with Crippen LogP contribution in [0.3, 0.4) is 0 Å². The molecule has 4 aliphatic rings. The lowest BCUT2D eigenvalue weighted by Crippen LogP contribution is -2.50. The summed E-state index contributed by atoms with van der Waals surface area (Å²) >= 11 is 5.74. The Labute approximate surface area is 635 Å². The first kappa shape index (κ1) is 75.2. The maximum absolute atomic E-state index is 15.0. The molecule has 4 aliphatic heterocycles. The van der Waals surface area contributed by atoms with Crippen LogP contribution in [0.4, 0.5) is 23.8 Å². The van der Waals surface area contributed by atoms with Crippen molar-refractivity contribution in [3.05, 3.63) is 209 Å². The van der Waals surface area contributed by atoms with Crippen LogP contribution >= 0.6 is 45.3 Å². The van der Waals surface area contributed by atoms with Crippen molar-refractivity contribution in [2.75, 3.05) is 102 Å². The van der Waals surface area contributed by atoms with Crippen molar-refractivity contribution in [3.63, 3.8) is 0 Å². The molecule has 0 saturated carbocycles. The van der Waals surface area contributed by atoms with Gasteiger partial charge in [0.15, 0.2) is 56.4 Å². The summed E-state index contributed by atoms with van der Waals surface area (Å²) in [6, 6.07) is 36.7. The molecule has 552 valence electrons. The number of aromatic carboxylic acids is 2. The first-order chi connectivity index (χ1) is 51.8. The Morgan fingerprint density at radius 2 is 1.00 bits per heavy atom. The van der Waals surface area contributed by atoms with Gasteiger partial charge in [-0.1, -0.05) is 84.3 Å². The van der Waals surface area contributed by atoms with Crippen LogP contribution in [0, 0.1) is 35.3 Å². The number of ketones is 2. The van der Waals surface area contributed by atoms with Crippen molar-refractivity contribution >= 4 is 106 Å². The summed E-state index contributed by atoms with van der Waals surface area (Å²) in [7, 11) is 0. The lowest BCUT2D eigenvalue weighted by Gasteiger charge is -2.34. The lowest BCUT2D eigenvalue weighted by atomic mass is 9.92. The van der Waals surface area contributed by atoms with E-state index in [9.17, 15) is 43.0 Å². The van der Waals surface area contributed by atoms with Crippen molar-refractivity contribution in [1.29, 1.82) is 0 Å². The third-order valence-corrected chi connectivity index (χ3v) is 23.0. The molecule has 26 heteroatoms. The maximum atomic E-state index is 15.0. The molecule has 6 aromatic carbocycles. The van der Waals surface area contributed by atoms with E-state index in [0.717, 1.165) is 85.3 Å². The number of aryl methyl sites for hydroxylation is 2. The zero-order valence-corrected chi connectivity index (χ0v) is 62.9.